The van der Waals surface area contributed by atoms with Crippen LogP contribution in [-0.4, -0.2) is 35.6 Å². The number of pyridine rings is 1. The van der Waals surface area contributed by atoms with Gasteiger partial charge in [0.1, 0.15) is 0 Å². The molecular weight excluding hydrogens is 288 g/mol. The fourth-order valence-corrected chi connectivity index (χ4v) is 2.87. The lowest BCUT2D eigenvalue weighted by Crippen LogP contribution is -2.43. The van der Waals surface area contributed by atoms with Crippen LogP contribution in [0.3, 0.4) is 0 Å². The van der Waals surface area contributed by atoms with Crippen LogP contribution in [0.5, 0.6) is 0 Å². The summed E-state index contributed by atoms with van der Waals surface area (Å²) in [6, 6.07) is 7.84. The summed E-state index contributed by atoms with van der Waals surface area (Å²) in [6.45, 7) is 4.12. The van der Waals surface area contributed by atoms with Gasteiger partial charge in [-0.3, -0.25) is 4.40 Å². The van der Waals surface area contributed by atoms with Gasteiger partial charge in [-0.05, 0) is 35.9 Å². The number of anilines is 1. The summed E-state index contributed by atoms with van der Waals surface area (Å²) < 4.78 is 7.46. The molecule has 0 spiro atoms. The number of halogens is 1. The molecule has 0 bridgehead atoms. The summed E-state index contributed by atoms with van der Waals surface area (Å²) in [4.78, 5) is 6.83. The van der Waals surface area contributed by atoms with E-state index in [9.17, 15) is 0 Å². The predicted molar refractivity (Wildman–Crippen MR) is 83.0 cm³/mol. The lowest BCUT2D eigenvalue weighted by Gasteiger charge is -2.29. The van der Waals surface area contributed by atoms with Crippen molar-refractivity contribution in [1.29, 1.82) is 0 Å². The highest BCUT2D eigenvalue weighted by atomic mass is 35.5. The molecule has 0 atom stereocenters. The van der Waals surface area contributed by atoms with Gasteiger partial charge in [0.05, 0.1) is 11.7 Å². The minimum atomic E-state index is 0.374. The van der Waals surface area contributed by atoms with E-state index < -0.39 is 0 Å². The lowest BCUT2D eigenvalue weighted by molar-refractivity contribution is 0.579. The zero-order valence-electron chi connectivity index (χ0n) is 11.4. The number of furan rings is 1. The molecule has 0 unspecified atom stereocenters. The number of nitrogens with zero attached hydrogens (tertiary/aromatic N) is 3. The Hall–Kier alpha value is -1.98. The SMILES string of the molecule is Clc1ccc(-c2ncc3cc(N4CCNCC4)ccn23)o1. The van der Waals surface area contributed by atoms with E-state index in [2.05, 4.69) is 27.3 Å². The van der Waals surface area contributed by atoms with Crippen LogP contribution in [-0.2, 0) is 0 Å². The molecule has 3 aromatic rings. The van der Waals surface area contributed by atoms with E-state index in [0.717, 1.165) is 37.5 Å². The largest absolute Gasteiger partial charge is 0.441 e. The molecule has 4 rings (SSSR count). The highest BCUT2D eigenvalue weighted by molar-refractivity contribution is 6.28. The van der Waals surface area contributed by atoms with Gasteiger partial charge in [0.25, 0.3) is 0 Å². The summed E-state index contributed by atoms with van der Waals surface area (Å²) in [5, 5.41) is 3.74. The Labute approximate surface area is 127 Å². The summed E-state index contributed by atoms with van der Waals surface area (Å²) in [5.74, 6) is 1.44. The molecule has 6 heteroatoms. The molecular formula is C15H15ClN4O. The Bertz CT molecular complexity index is 773. The number of fused-ring (bicyclic) bond motifs is 1. The van der Waals surface area contributed by atoms with Crippen LogP contribution in [0.25, 0.3) is 17.1 Å². The van der Waals surface area contributed by atoms with Gasteiger partial charge < -0.3 is 14.6 Å². The minimum absolute atomic E-state index is 0.374. The van der Waals surface area contributed by atoms with E-state index in [1.807, 2.05) is 22.9 Å². The second-order valence-electron chi connectivity index (χ2n) is 5.10. The van der Waals surface area contributed by atoms with Crippen LogP contribution in [0.15, 0.2) is 41.1 Å². The van der Waals surface area contributed by atoms with Crippen molar-refractivity contribution in [2.75, 3.05) is 31.1 Å². The molecule has 1 N–H and O–H groups in total. The molecule has 1 saturated heterocycles. The van der Waals surface area contributed by atoms with E-state index in [1.165, 1.54) is 5.69 Å². The quantitative estimate of drug-likeness (QED) is 0.790. The van der Waals surface area contributed by atoms with Gasteiger partial charge in [-0.25, -0.2) is 4.98 Å². The first-order chi connectivity index (χ1) is 10.3. The van der Waals surface area contributed by atoms with Crippen molar-refractivity contribution in [2.45, 2.75) is 0 Å². The fourth-order valence-electron chi connectivity index (χ4n) is 2.72. The summed E-state index contributed by atoms with van der Waals surface area (Å²) in [7, 11) is 0. The van der Waals surface area contributed by atoms with E-state index in [1.54, 1.807) is 6.07 Å². The molecule has 5 nitrogen and oxygen atoms in total. The van der Waals surface area contributed by atoms with Crippen LogP contribution in [0.1, 0.15) is 0 Å². The van der Waals surface area contributed by atoms with Crippen molar-refractivity contribution in [3.8, 4) is 11.6 Å². The lowest BCUT2D eigenvalue weighted by atomic mass is 10.3. The van der Waals surface area contributed by atoms with Crippen LogP contribution < -0.4 is 10.2 Å². The second kappa shape index (κ2) is 5.09. The Balaban J connectivity index is 1.73. The highest BCUT2D eigenvalue weighted by Crippen LogP contribution is 2.26. The third-order valence-corrected chi connectivity index (χ3v) is 3.99. The maximum Gasteiger partial charge on any atom is 0.194 e. The minimum Gasteiger partial charge on any atom is -0.441 e. The van der Waals surface area contributed by atoms with Gasteiger partial charge in [-0.1, -0.05) is 0 Å². The standard InChI is InChI=1S/C15H15ClN4O/c16-14-2-1-13(21-14)15-18-10-12-9-11(3-6-20(12)15)19-7-4-17-5-8-19/h1-3,6,9-10,17H,4-5,7-8H2. The third kappa shape index (κ3) is 2.28. The number of imidazole rings is 1. The van der Waals surface area contributed by atoms with E-state index in [-0.39, 0.29) is 0 Å². The van der Waals surface area contributed by atoms with Gasteiger partial charge in [0.15, 0.2) is 16.8 Å². The Kier molecular flexibility index (Phi) is 3.09. The van der Waals surface area contributed by atoms with Gasteiger partial charge in [-0.15, -0.1) is 0 Å². The van der Waals surface area contributed by atoms with Crippen molar-refractivity contribution < 1.29 is 4.42 Å². The fraction of sp³-hybridized carbons (Fsp3) is 0.267. The first-order valence-corrected chi connectivity index (χ1v) is 7.37. The Morgan fingerprint density at radius 2 is 2.05 bits per heavy atom. The van der Waals surface area contributed by atoms with Crippen LogP contribution >= 0.6 is 11.6 Å². The summed E-state index contributed by atoms with van der Waals surface area (Å²) >= 11 is 5.84. The zero-order valence-corrected chi connectivity index (χ0v) is 12.2. The van der Waals surface area contributed by atoms with Crippen LogP contribution in [0.2, 0.25) is 5.22 Å². The van der Waals surface area contributed by atoms with Gasteiger partial charge in [-0.2, -0.15) is 0 Å². The van der Waals surface area contributed by atoms with Crippen molar-refractivity contribution in [2.24, 2.45) is 0 Å². The summed E-state index contributed by atoms with van der Waals surface area (Å²) in [6.07, 6.45) is 3.89. The molecule has 1 fully saturated rings. The number of hydrogen-bond donors (Lipinski definition) is 1. The molecule has 1 aliphatic rings. The van der Waals surface area contributed by atoms with Crippen molar-refractivity contribution in [1.82, 2.24) is 14.7 Å². The molecule has 3 aromatic heterocycles. The van der Waals surface area contributed by atoms with Crippen molar-refractivity contribution in [3.63, 3.8) is 0 Å². The maximum absolute atomic E-state index is 5.84. The molecule has 4 heterocycles. The Morgan fingerprint density at radius 3 is 2.81 bits per heavy atom. The first kappa shape index (κ1) is 12.7. The zero-order chi connectivity index (χ0) is 14.2. The Morgan fingerprint density at radius 1 is 1.19 bits per heavy atom. The number of piperazine rings is 1. The monoisotopic (exact) mass is 302 g/mol. The molecule has 21 heavy (non-hydrogen) atoms. The van der Waals surface area contributed by atoms with Crippen molar-refractivity contribution >= 4 is 22.8 Å². The number of aromatic nitrogens is 2. The molecule has 0 saturated carbocycles. The third-order valence-electron chi connectivity index (χ3n) is 3.79. The van der Waals surface area contributed by atoms with Gasteiger partial charge in [0, 0.05) is 38.1 Å². The number of hydrogen-bond acceptors (Lipinski definition) is 4. The van der Waals surface area contributed by atoms with Crippen molar-refractivity contribution in [3.05, 3.63) is 41.9 Å². The molecule has 108 valence electrons. The number of rotatable bonds is 2. The maximum atomic E-state index is 5.84. The van der Waals surface area contributed by atoms with Crippen LogP contribution in [0, 0.1) is 0 Å². The van der Waals surface area contributed by atoms with Gasteiger partial charge in [0.2, 0.25) is 0 Å². The normalized spacial score (nSPS) is 15.8. The van der Waals surface area contributed by atoms with Gasteiger partial charge >= 0.3 is 0 Å². The number of nitrogens with one attached hydrogen (secondary N) is 1. The molecule has 0 aromatic carbocycles. The second-order valence-corrected chi connectivity index (χ2v) is 5.47. The predicted octanol–water partition coefficient (Wildman–Crippen LogP) is 2.66. The molecule has 1 aliphatic heterocycles. The van der Waals surface area contributed by atoms with E-state index in [0.29, 0.717) is 11.0 Å². The topological polar surface area (TPSA) is 45.7 Å². The summed E-state index contributed by atoms with van der Waals surface area (Å²) in [5.41, 5.74) is 2.28. The molecule has 0 aliphatic carbocycles. The molecule has 0 radical (unpaired) electrons. The molecule has 0 amide bonds. The average molecular weight is 303 g/mol. The first-order valence-electron chi connectivity index (χ1n) is 7.00. The van der Waals surface area contributed by atoms with Crippen LogP contribution in [0.4, 0.5) is 5.69 Å². The smallest absolute Gasteiger partial charge is 0.194 e. The average Bonchev–Trinajstić information content (AvgIpc) is 3.13. The highest BCUT2D eigenvalue weighted by Gasteiger charge is 2.14. The van der Waals surface area contributed by atoms with E-state index >= 15 is 0 Å². The van der Waals surface area contributed by atoms with E-state index in [4.69, 9.17) is 16.0 Å².